The molecule has 0 unspecified atom stereocenters. The lowest BCUT2D eigenvalue weighted by atomic mass is 10.1. The molecule has 24 heavy (non-hydrogen) atoms. The summed E-state index contributed by atoms with van der Waals surface area (Å²) in [6.07, 6.45) is 3.06. The van der Waals surface area contributed by atoms with E-state index in [2.05, 4.69) is 0 Å². The van der Waals surface area contributed by atoms with Crippen LogP contribution in [-0.2, 0) is 0 Å². The Bertz CT molecular complexity index is 766. The summed E-state index contributed by atoms with van der Waals surface area (Å²) in [5.74, 6) is 0.925. The van der Waals surface area contributed by atoms with Crippen LogP contribution in [0.5, 0.6) is 23.0 Å². The molecule has 0 saturated heterocycles. The van der Waals surface area contributed by atoms with Gasteiger partial charge in [0.15, 0.2) is 5.78 Å². The Hall–Kier alpha value is -2.22. The molecule has 0 atom stereocenters. The summed E-state index contributed by atoms with van der Waals surface area (Å²) in [5.41, 5.74) is 0.943. The number of carbonyl (C=O) groups is 1. The lowest BCUT2D eigenvalue weighted by Crippen LogP contribution is -2.02. The van der Waals surface area contributed by atoms with E-state index in [1.165, 1.54) is 20.3 Å². The van der Waals surface area contributed by atoms with Gasteiger partial charge in [0.2, 0.25) is 0 Å². The molecule has 0 saturated carbocycles. The fourth-order valence-electron chi connectivity index (χ4n) is 2.12. The molecule has 1 N–H and O–H groups in total. The quantitative estimate of drug-likeness (QED) is 0.419. The van der Waals surface area contributed by atoms with E-state index < -0.39 is 0 Å². The monoisotopic (exact) mass is 440 g/mol. The van der Waals surface area contributed by atoms with E-state index in [1.54, 1.807) is 31.4 Å². The number of phenols is 1. The van der Waals surface area contributed by atoms with Crippen molar-refractivity contribution in [1.82, 2.24) is 0 Å². The third-order valence-corrected chi connectivity index (χ3v) is 4.44. The van der Waals surface area contributed by atoms with E-state index >= 15 is 0 Å². The Morgan fingerprint density at radius 2 is 1.67 bits per heavy atom. The number of ether oxygens (including phenoxy) is 3. The summed E-state index contributed by atoms with van der Waals surface area (Å²) >= 11 is 1.92. The summed E-state index contributed by atoms with van der Waals surface area (Å²) in [6.45, 7) is 0. The van der Waals surface area contributed by atoms with Crippen molar-refractivity contribution >= 4 is 34.5 Å². The number of phenolic OH excluding ortho intramolecular Hbond substituents is 1. The van der Waals surface area contributed by atoms with Gasteiger partial charge in [0.05, 0.1) is 24.9 Å². The van der Waals surface area contributed by atoms with Gasteiger partial charge in [-0.2, -0.15) is 0 Å². The number of carbonyl (C=O) groups excluding carboxylic acids is 1. The predicted molar refractivity (Wildman–Crippen MR) is 100 cm³/mol. The summed E-state index contributed by atoms with van der Waals surface area (Å²) in [6, 6.07) is 8.85. The fourth-order valence-corrected chi connectivity index (χ4v) is 2.76. The zero-order valence-electron chi connectivity index (χ0n) is 13.5. The largest absolute Gasteiger partial charge is 0.506 e. The Labute approximate surface area is 154 Å². The Kier molecular flexibility index (Phi) is 6.08. The van der Waals surface area contributed by atoms with Crippen molar-refractivity contribution in [2.75, 3.05) is 21.3 Å². The van der Waals surface area contributed by atoms with Crippen LogP contribution in [0.15, 0.2) is 36.4 Å². The van der Waals surface area contributed by atoms with Crippen molar-refractivity contribution in [1.29, 1.82) is 0 Å². The van der Waals surface area contributed by atoms with Crippen LogP contribution in [0.4, 0.5) is 0 Å². The molecule has 5 nitrogen and oxygen atoms in total. The summed E-state index contributed by atoms with van der Waals surface area (Å²) < 4.78 is 15.9. The zero-order chi connectivity index (χ0) is 17.7. The number of allylic oxidation sites excluding steroid dienone is 1. The third kappa shape index (κ3) is 3.81. The van der Waals surface area contributed by atoms with Gasteiger partial charge < -0.3 is 19.3 Å². The Morgan fingerprint density at radius 3 is 2.21 bits per heavy atom. The first-order valence-electron chi connectivity index (χ1n) is 7.01. The molecule has 0 heterocycles. The summed E-state index contributed by atoms with van der Waals surface area (Å²) in [4.78, 5) is 12.5. The van der Waals surface area contributed by atoms with Crippen molar-refractivity contribution in [3.63, 3.8) is 0 Å². The van der Waals surface area contributed by atoms with Gasteiger partial charge in [0, 0.05) is 6.07 Å². The van der Waals surface area contributed by atoms with E-state index in [1.807, 2.05) is 34.7 Å². The number of aromatic hydroxyl groups is 1. The molecule has 0 aliphatic rings. The van der Waals surface area contributed by atoms with Gasteiger partial charge in [-0.3, -0.25) is 4.79 Å². The Morgan fingerprint density at radius 1 is 1.04 bits per heavy atom. The highest BCUT2D eigenvalue weighted by molar-refractivity contribution is 14.1. The number of hydrogen-bond acceptors (Lipinski definition) is 5. The highest BCUT2D eigenvalue weighted by Crippen LogP contribution is 2.39. The normalized spacial score (nSPS) is 10.7. The second-order valence-corrected chi connectivity index (χ2v) is 5.87. The molecule has 2 aromatic rings. The van der Waals surface area contributed by atoms with Gasteiger partial charge in [-0.1, -0.05) is 18.2 Å². The first-order chi connectivity index (χ1) is 11.5. The second-order valence-electron chi connectivity index (χ2n) is 4.79. The highest BCUT2D eigenvalue weighted by Gasteiger charge is 2.21. The smallest absolute Gasteiger partial charge is 0.193 e. The lowest BCUT2D eigenvalue weighted by molar-refractivity contribution is 0.104. The molecule has 0 spiro atoms. The molecule has 0 aromatic heterocycles. The molecule has 126 valence electrons. The first kappa shape index (κ1) is 18.1. The average molecular weight is 440 g/mol. The van der Waals surface area contributed by atoms with E-state index in [9.17, 15) is 9.90 Å². The van der Waals surface area contributed by atoms with Crippen LogP contribution < -0.4 is 14.2 Å². The molecular formula is C18H17IO5. The van der Waals surface area contributed by atoms with Crippen molar-refractivity contribution in [2.45, 2.75) is 0 Å². The molecule has 0 aliphatic carbocycles. The number of hydrogen-bond donors (Lipinski definition) is 1. The minimum Gasteiger partial charge on any atom is -0.506 e. The number of rotatable bonds is 6. The zero-order valence-corrected chi connectivity index (χ0v) is 15.7. The molecule has 0 bridgehead atoms. The summed E-state index contributed by atoms with van der Waals surface area (Å²) in [5, 5.41) is 10.3. The summed E-state index contributed by atoms with van der Waals surface area (Å²) in [7, 11) is 4.52. The van der Waals surface area contributed by atoms with Gasteiger partial charge in [-0.25, -0.2) is 0 Å². The second kappa shape index (κ2) is 8.05. The maximum Gasteiger partial charge on any atom is 0.193 e. The van der Waals surface area contributed by atoms with Crippen LogP contribution in [0.3, 0.4) is 0 Å². The van der Waals surface area contributed by atoms with Crippen LogP contribution >= 0.6 is 22.6 Å². The highest BCUT2D eigenvalue weighted by atomic mass is 127. The fraction of sp³-hybridized carbons (Fsp3) is 0.167. The molecule has 0 radical (unpaired) electrons. The van der Waals surface area contributed by atoms with Crippen molar-refractivity contribution in [3.8, 4) is 23.0 Å². The molecule has 0 fully saturated rings. The van der Waals surface area contributed by atoms with E-state index in [-0.39, 0.29) is 22.8 Å². The molecular weight excluding hydrogens is 423 g/mol. The topological polar surface area (TPSA) is 65.0 Å². The van der Waals surface area contributed by atoms with Gasteiger partial charge in [-0.15, -0.1) is 0 Å². The minimum atomic E-state index is -0.360. The van der Waals surface area contributed by atoms with Crippen LogP contribution in [0.2, 0.25) is 0 Å². The van der Waals surface area contributed by atoms with Gasteiger partial charge in [0.1, 0.15) is 28.6 Å². The van der Waals surface area contributed by atoms with Crippen LogP contribution in [0.1, 0.15) is 15.9 Å². The molecule has 2 aromatic carbocycles. The SMILES string of the molecule is COc1ccc(C=CC(=O)c2c(OC)cc(OC)c(I)c2O)cc1. The number of methoxy groups -OCH3 is 3. The molecule has 6 heteroatoms. The van der Waals surface area contributed by atoms with Crippen molar-refractivity contribution in [2.24, 2.45) is 0 Å². The van der Waals surface area contributed by atoms with Crippen molar-refractivity contribution in [3.05, 3.63) is 51.1 Å². The van der Waals surface area contributed by atoms with Crippen LogP contribution in [0, 0.1) is 3.57 Å². The van der Waals surface area contributed by atoms with Gasteiger partial charge in [0.25, 0.3) is 0 Å². The number of benzene rings is 2. The maximum atomic E-state index is 12.5. The van der Waals surface area contributed by atoms with Crippen molar-refractivity contribution < 1.29 is 24.1 Å². The van der Waals surface area contributed by atoms with E-state index in [0.717, 1.165) is 11.3 Å². The van der Waals surface area contributed by atoms with E-state index in [0.29, 0.717) is 9.32 Å². The standard InChI is InChI=1S/C18H17IO5/c1-22-12-7-4-11(5-8-12)6-9-13(20)16-14(23-2)10-15(24-3)17(19)18(16)21/h4-10,21H,1-3H3. The van der Waals surface area contributed by atoms with Crippen LogP contribution in [-0.4, -0.2) is 32.2 Å². The minimum absolute atomic E-state index is 0.104. The van der Waals surface area contributed by atoms with E-state index in [4.69, 9.17) is 14.2 Å². The van der Waals surface area contributed by atoms with Gasteiger partial charge >= 0.3 is 0 Å². The van der Waals surface area contributed by atoms with Gasteiger partial charge in [-0.05, 0) is 46.4 Å². The maximum absolute atomic E-state index is 12.5. The predicted octanol–water partition coefficient (Wildman–Crippen LogP) is 3.92. The Balaban J connectivity index is 2.34. The molecule has 0 amide bonds. The van der Waals surface area contributed by atoms with Crippen LogP contribution in [0.25, 0.3) is 6.08 Å². The first-order valence-corrected chi connectivity index (χ1v) is 8.09. The number of halogens is 1. The molecule has 2 rings (SSSR count). The average Bonchev–Trinajstić information content (AvgIpc) is 2.62. The lowest BCUT2D eigenvalue weighted by Gasteiger charge is -2.13. The third-order valence-electron chi connectivity index (χ3n) is 3.40. The molecule has 0 aliphatic heterocycles. The number of ketones is 1.